The van der Waals surface area contributed by atoms with Crippen molar-refractivity contribution in [3.05, 3.63) is 29.3 Å². The van der Waals surface area contributed by atoms with E-state index in [1.165, 1.54) is 11.3 Å². The average molecular weight is 245 g/mol. The highest BCUT2D eigenvalue weighted by atomic mass is 16.6. The summed E-state index contributed by atoms with van der Waals surface area (Å²) >= 11 is 0. The summed E-state index contributed by atoms with van der Waals surface area (Å²) in [7, 11) is 2.09. The third-order valence-electron chi connectivity index (χ3n) is 3.46. The molecule has 2 N–H and O–H groups in total. The van der Waals surface area contributed by atoms with Gasteiger partial charge in [-0.05, 0) is 30.5 Å². The first-order chi connectivity index (χ1) is 8.65. The number of carbonyl (C=O) groups is 1. The number of aryl methyl sites for hydroxylation is 1. The fourth-order valence-electron chi connectivity index (χ4n) is 2.56. The minimum atomic E-state index is -0.604. The van der Waals surface area contributed by atoms with Crippen LogP contribution in [-0.4, -0.2) is 25.5 Å². The highest BCUT2D eigenvalue weighted by Gasteiger charge is 2.28. The molecule has 1 unspecified atom stereocenters. The maximum absolute atomic E-state index is 11.1. The van der Waals surface area contributed by atoms with Crippen molar-refractivity contribution in [2.24, 2.45) is 10.7 Å². The highest BCUT2D eigenvalue weighted by molar-refractivity contribution is 5.99. The topological polar surface area (TPSA) is 67.9 Å². The minimum Gasteiger partial charge on any atom is -0.431 e. The van der Waals surface area contributed by atoms with Crippen LogP contribution in [0.3, 0.4) is 0 Å². The van der Waals surface area contributed by atoms with Crippen molar-refractivity contribution in [2.75, 3.05) is 18.5 Å². The van der Waals surface area contributed by atoms with E-state index in [1.54, 1.807) is 0 Å². The van der Waals surface area contributed by atoms with Crippen LogP contribution in [0, 0.1) is 0 Å². The first-order valence-electron chi connectivity index (χ1n) is 6.04. The van der Waals surface area contributed by atoms with E-state index in [1.807, 2.05) is 6.07 Å². The Balaban J connectivity index is 1.96. The van der Waals surface area contributed by atoms with Gasteiger partial charge in [0, 0.05) is 24.8 Å². The van der Waals surface area contributed by atoms with Gasteiger partial charge in [0.2, 0.25) is 0 Å². The summed E-state index contributed by atoms with van der Waals surface area (Å²) in [4.78, 5) is 16.9. The number of amides is 1. The van der Waals surface area contributed by atoms with Crippen LogP contribution < -0.4 is 10.6 Å². The monoisotopic (exact) mass is 245 g/mol. The summed E-state index contributed by atoms with van der Waals surface area (Å²) in [6.45, 7) is 1.08. The fourth-order valence-corrected chi connectivity index (χ4v) is 2.56. The number of ether oxygens (including phenoxy) is 1. The molecule has 1 amide bonds. The Labute approximate surface area is 105 Å². The van der Waals surface area contributed by atoms with Gasteiger partial charge in [0.05, 0.1) is 0 Å². The van der Waals surface area contributed by atoms with Crippen LogP contribution in [0.4, 0.5) is 10.5 Å². The standard InChI is InChI=1S/C13H15N3O2/c1-16-6-2-3-8-7-9(4-5-10(8)16)11-12(14)15-13(17)18-11/h4-5,7,11H,2-3,6H2,1H3,(H2,14,15,17). The maximum atomic E-state index is 11.1. The molecule has 2 heterocycles. The van der Waals surface area contributed by atoms with Crippen molar-refractivity contribution in [3.8, 4) is 0 Å². The number of hydrogen-bond acceptors (Lipinski definition) is 4. The average Bonchev–Trinajstić information content (AvgIpc) is 2.68. The van der Waals surface area contributed by atoms with Gasteiger partial charge < -0.3 is 15.4 Å². The largest absolute Gasteiger partial charge is 0.436 e. The molecule has 0 radical (unpaired) electrons. The molecule has 2 aliphatic rings. The third-order valence-corrected chi connectivity index (χ3v) is 3.46. The van der Waals surface area contributed by atoms with Gasteiger partial charge in [0.15, 0.2) is 11.9 Å². The number of nitrogens with zero attached hydrogens (tertiary/aromatic N) is 2. The van der Waals surface area contributed by atoms with Gasteiger partial charge in [-0.15, -0.1) is 0 Å². The van der Waals surface area contributed by atoms with Crippen LogP contribution >= 0.6 is 0 Å². The Morgan fingerprint density at radius 2 is 2.33 bits per heavy atom. The molecule has 0 saturated heterocycles. The molecule has 0 fully saturated rings. The molecule has 0 saturated carbocycles. The predicted octanol–water partition coefficient (Wildman–Crippen LogP) is 1.62. The molecule has 0 aromatic heterocycles. The Morgan fingerprint density at radius 3 is 3.06 bits per heavy atom. The Bertz CT molecular complexity index is 539. The minimum absolute atomic E-state index is 0.240. The third kappa shape index (κ3) is 1.72. The molecule has 1 aromatic carbocycles. The lowest BCUT2D eigenvalue weighted by Gasteiger charge is -2.28. The molecular weight excluding hydrogens is 230 g/mol. The number of amidine groups is 1. The SMILES string of the molecule is CN1CCCc2cc(C3OC(=O)N=C3N)ccc21. The lowest BCUT2D eigenvalue weighted by molar-refractivity contribution is 0.149. The number of anilines is 1. The quantitative estimate of drug-likeness (QED) is 0.816. The summed E-state index contributed by atoms with van der Waals surface area (Å²) in [6, 6.07) is 6.08. The number of hydrogen-bond donors (Lipinski definition) is 1. The van der Waals surface area contributed by atoms with E-state index < -0.39 is 12.2 Å². The van der Waals surface area contributed by atoms with E-state index in [9.17, 15) is 4.79 Å². The number of aliphatic imine (C=N–C) groups is 1. The molecule has 5 heteroatoms. The number of fused-ring (bicyclic) bond motifs is 1. The fraction of sp³-hybridized carbons (Fsp3) is 0.385. The van der Waals surface area contributed by atoms with Crippen molar-refractivity contribution < 1.29 is 9.53 Å². The van der Waals surface area contributed by atoms with Crippen molar-refractivity contribution in [2.45, 2.75) is 18.9 Å². The summed E-state index contributed by atoms with van der Waals surface area (Å²) in [5.41, 5.74) is 9.11. The van der Waals surface area contributed by atoms with Crippen LogP contribution in [0.25, 0.3) is 0 Å². The van der Waals surface area contributed by atoms with Gasteiger partial charge >= 0.3 is 6.09 Å². The second-order valence-electron chi connectivity index (χ2n) is 4.71. The molecular formula is C13H15N3O2. The van der Waals surface area contributed by atoms with Crippen LogP contribution in [0.15, 0.2) is 23.2 Å². The molecule has 1 aromatic rings. The lowest BCUT2D eigenvalue weighted by Crippen LogP contribution is -2.25. The summed E-state index contributed by atoms with van der Waals surface area (Å²) < 4.78 is 5.10. The number of rotatable bonds is 1. The highest BCUT2D eigenvalue weighted by Crippen LogP contribution is 2.31. The Hall–Kier alpha value is -2.04. The van der Waals surface area contributed by atoms with E-state index in [2.05, 4.69) is 29.1 Å². The summed E-state index contributed by atoms with van der Waals surface area (Å²) in [5.74, 6) is 0.240. The molecule has 5 nitrogen and oxygen atoms in total. The van der Waals surface area contributed by atoms with E-state index in [-0.39, 0.29) is 5.84 Å². The van der Waals surface area contributed by atoms with Crippen molar-refractivity contribution in [3.63, 3.8) is 0 Å². The van der Waals surface area contributed by atoms with E-state index in [0.29, 0.717) is 0 Å². The van der Waals surface area contributed by atoms with Gasteiger partial charge in [0.25, 0.3) is 0 Å². The predicted molar refractivity (Wildman–Crippen MR) is 68.9 cm³/mol. The van der Waals surface area contributed by atoms with E-state index in [0.717, 1.165) is 24.9 Å². The first-order valence-corrected chi connectivity index (χ1v) is 6.04. The number of carbonyl (C=O) groups excluding carboxylic acids is 1. The molecule has 3 rings (SSSR count). The van der Waals surface area contributed by atoms with Crippen LogP contribution in [-0.2, 0) is 11.2 Å². The number of nitrogens with two attached hydrogens (primary N) is 1. The van der Waals surface area contributed by atoms with Crippen molar-refractivity contribution in [1.29, 1.82) is 0 Å². The number of benzene rings is 1. The van der Waals surface area contributed by atoms with E-state index in [4.69, 9.17) is 10.5 Å². The van der Waals surface area contributed by atoms with Crippen LogP contribution in [0.1, 0.15) is 23.7 Å². The molecule has 94 valence electrons. The second-order valence-corrected chi connectivity index (χ2v) is 4.71. The molecule has 0 bridgehead atoms. The zero-order chi connectivity index (χ0) is 12.7. The van der Waals surface area contributed by atoms with Gasteiger partial charge in [-0.1, -0.05) is 6.07 Å². The van der Waals surface area contributed by atoms with Gasteiger partial charge in [-0.25, -0.2) is 4.79 Å². The lowest BCUT2D eigenvalue weighted by atomic mass is 9.97. The molecule has 18 heavy (non-hydrogen) atoms. The normalized spacial score (nSPS) is 22.5. The van der Waals surface area contributed by atoms with Gasteiger partial charge in [-0.3, -0.25) is 0 Å². The smallest absolute Gasteiger partial charge is 0.431 e. The molecule has 2 aliphatic heterocycles. The van der Waals surface area contributed by atoms with Crippen molar-refractivity contribution >= 4 is 17.6 Å². The van der Waals surface area contributed by atoms with Crippen LogP contribution in [0.2, 0.25) is 0 Å². The van der Waals surface area contributed by atoms with Gasteiger partial charge in [0.1, 0.15) is 0 Å². The first kappa shape index (κ1) is 11.1. The maximum Gasteiger partial charge on any atom is 0.436 e. The zero-order valence-electron chi connectivity index (χ0n) is 10.2. The number of cyclic esters (lactones) is 1. The van der Waals surface area contributed by atoms with Gasteiger partial charge in [-0.2, -0.15) is 4.99 Å². The summed E-state index contributed by atoms with van der Waals surface area (Å²) in [6.07, 6.45) is 1.06. The molecule has 0 spiro atoms. The second kappa shape index (κ2) is 4.01. The molecule has 0 aliphatic carbocycles. The zero-order valence-corrected chi connectivity index (χ0v) is 10.2. The Kier molecular flexibility index (Phi) is 2.47. The Morgan fingerprint density at radius 1 is 1.50 bits per heavy atom. The summed E-state index contributed by atoms with van der Waals surface area (Å²) in [5, 5.41) is 0. The van der Waals surface area contributed by atoms with Crippen LogP contribution in [0.5, 0.6) is 0 Å². The molecule has 1 atom stereocenters. The van der Waals surface area contributed by atoms with Crippen molar-refractivity contribution in [1.82, 2.24) is 0 Å². The van der Waals surface area contributed by atoms with E-state index >= 15 is 0 Å².